The average Bonchev–Trinajstić information content (AvgIpc) is 3.34. The van der Waals surface area contributed by atoms with Crippen LogP contribution in [0.4, 0.5) is 17.1 Å². The molecular formula is C25H23N3O5S. The molecule has 3 aromatic rings. The minimum atomic E-state index is -3.78. The monoisotopic (exact) mass is 477 g/mol. The second-order valence-corrected chi connectivity index (χ2v) is 10.5. The third-order valence-corrected chi connectivity index (χ3v) is 8.45. The number of para-hydroxylation sites is 1. The summed E-state index contributed by atoms with van der Waals surface area (Å²) in [6.45, 7) is 0. The van der Waals surface area contributed by atoms with Gasteiger partial charge < -0.3 is 10.4 Å². The van der Waals surface area contributed by atoms with E-state index < -0.39 is 14.9 Å². The summed E-state index contributed by atoms with van der Waals surface area (Å²) in [6, 6.07) is 17.5. The molecule has 5 rings (SSSR count). The lowest BCUT2D eigenvalue weighted by atomic mass is 9.77. The topological polar surface area (TPSA) is 113 Å². The average molecular weight is 478 g/mol. The van der Waals surface area contributed by atoms with Gasteiger partial charge in [-0.15, -0.1) is 0 Å². The normalized spacial score (nSPS) is 20.8. The number of hydrogen-bond acceptors (Lipinski definition) is 6. The van der Waals surface area contributed by atoms with E-state index in [-0.39, 0.29) is 34.2 Å². The van der Waals surface area contributed by atoms with Gasteiger partial charge in [0, 0.05) is 36.3 Å². The third-order valence-electron chi connectivity index (χ3n) is 6.67. The summed E-state index contributed by atoms with van der Waals surface area (Å²) in [7, 11) is -2.25. The van der Waals surface area contributed by atoms with Crippen LogP contribution < -0.4 is 9.62 Å². The van der Waals surface area contributed by atoms with E-state index in [1.807, 2.05) is 18.2 Å². The number of aromatic hydroxyl groups is 1. The number of phenols is 1. The van der Waals surface area contributed by atoms with Crippen molar-refractivity contribution in [2.45, 2.75) is 23.3 Å². The van der Waals surface area contributed by atoms with Gasteiger partial charge in [0.2, 0.25) is 0 Å². The molecule has 3 atom stereocenters. The summed E-state index contributed by atoms with van der Waals surface area (Å²) in [5.74, 6) is -0.122. The summed E-state index contributed by atoms with van der Waals surface area (Å²) in [5.41, 5.74) is 2.53. The molecule has 3 aromatic carbocycles. The molecule has 0 bridgehead atoms. The van der Waals surface area contributed by atoms with Gasteiger partial charge in [-0.3, -0.25) is 14.4 Å². The number of rotatable bonds is 5. The number of benzene rings is 3. The van der Waals surface area contributed by atoms with Crippen LogP contribution in [0, 0.1) is 16.0 Å². The standard InChI is InChI=1S/C25H23N3O5S/c1-27(16-6-3-2-4-7-16)34(32,33)18-11-12-23-21(15-18)19-8-5-9-20(19)25(26-23)22-14-17(28(30)31)10-13-24(22)29/h2-8,10-15,19-20,25-26,29H,9H2,1H3. The highest BCUT2D eigenvalue weighted by atomic mass is 32.2. The van der Waals surface area contributed by atoms with Crippen LogP contribution >= 0.6 is 0 Å². The Kier molecular flexibility index (Phi) is 5.28. The third kappa shape index (κ3) is 3.58. The number of nitro groups is 1. The highest BCUT2D eigenvalue weighted by Gasteiger charge is 2.40. The van der Waals surface area contributed by atoms with Crippen LogP contribution in [0.1, 0.15) is 29.5 Å². The largest absolute Gasteiger partial charge is 0.508 e. The molecule has 34 heavy (non-hydrogen) atoms. The number of phenolic OH excluding ortho intramolecular Hbond substituents is 1. The molecule has 2 aliphatic rings. The second kappa shape index (κ2) is 8.18. The van der Waals surface area contributed by atoms with E-state index in [0.717, 1.165) is 11.3 Å². The van der Waals surface area contributed by atoms with Gasteiger partial charge in [-0.05, 0) is 54.3 Å². The van der Waals surface area contributed by atoms with Crippen LogP contribution in [0.5, 0.6) is 5.75 Å². The summed E-state index contributed by atoms with van der Waals surface area (Å²) >= 11 is 0. The Morgan fingerprint density at radius 2 is 1.82 bits per heavy atom. The van der Waals surface area contributed by atoms with Crippen LogP contribution in [-0.4, -0.2) is 25.5 Å². The van der Waals surface area contributed by atoms with Crippen LogP contribution in [0.2, 0.25) is 0 Å². The highest BCUT2D eigenvalue weighted by molar-refractivity contribution is 7.92. The maximum atomic E-state index is 13.3. The second-order valence-electron chi connectivity index (χ2n) is 8.53. The zero-order valence-electron chi connectivity index (χ0n) is 18.3. The number of fused-ring (bicyclic) bond motifs is 3. The number of nitrogens with zero attached hydrogens (tertiary/aromatic N) is 2. The fourth-order valence-corrected chi connectivity index (χ4v) is 6.11. The highest BCUT2D eigenvalue weighted by Crippen LogP contribution is 2.51. The number of allylic oxidation sites excluding steroid dienone is 2. The molecule has 0 amide bonds. The number of anilines is 2. The van der Waals surface area contributed by atoms with Gasteiger partial charge in [0.15, 0.2) is 0 Å². The van der Waals surface area contributed by atoms with Crippen molar-refractivity contribution < 1.29 is 18.4 Å². The van der Waals surface area contributed by atoms with E-state index in [9.17, 15) is 23.6 Å². The summed E-state index contributed by atoms with van der Waals surface area (Å²) in [6.07, 6.45) is 4.78. The molecule has 9 heteroatoms. The molecule has 1 heterocycles. The summed E-state index contributed by atoms with van der Waals surface area (Å²) in [4.78, 5) is 11.0. The van der Waals surface area contributed by atoms with Crippen LogP contribution in [0.15, 0.2) is 83.8 Å². The fraction of sp³-hybridized carbons (Fsp3) is 0.200. The van der Waals surface area contributed by atoms with Crippen LogP contribution in [0.25, 0.3) is 0 Å². The Labute approximate surface area is 197 Å². The Morgan fingerprint density at radius 3 is 2.56 bits per heavy atom. The first-order chi connectivity index (χ1) is 16.3. The van der Waals surface area contributed by atoms with Gasteiger partial charge in [0.25, 0.3) is 15.7 Å². The quantitative estimate of drug-likeness (QED) is 0.305. The lowest BCUT2D eigenvalue weighted by Crippen LogP contribution is -2.30. The maximum Gasteiger partial charge on any atom is 0.270 e. The SMILES string of the molecule is CN(c1ccccc1)S(=O)(=O)c1ccc2c(c1)C1C=CCC1C(c1cc([N+](=O)[O-])ccc1O)N2. The van der Waals surface area contributed by atoms with Crippen LogP contribution in [-0.2, 0) is 10.0 Å². The van der Waals surface area contributed by atoms with Crippen molar-refractivity contribution in [3.63, 3.8) is 0 Å². The molecule has 0 spiro atoms. The minimum Gasteiger partial charge on any atom is -0.508 e. The molecule has 0 aromatic heterocycles. The van der Waals surface area contributed by atoms with Crippen molar-refractivity contribution in [1.82, 2.24) is 0 Å². The number of non-ortho nitro benzene ring substituents is 1. The Bertz CT molecular complexity index is 1410. The summed E-state index contributed by atoms with van der Waals surface area (Å²) < 4.78 is 27.9. The van der Waals surface area contributed by atoms with Gasteiger partial charge >= 0.3 is 0 Å². The van der Waals surface area contributed by atoms with Crippen molar-refractivity contribution in [2.75, 3.05) is 16.7 Å². The molecule has 0 radical (unpaired) electrons. The van der Waals surface area contributed by atoms with E-state index in [4.69, 9.17) is 0 Å². The number of sulfonamides is 1. The molecule has 3 unspecified atom stereocenters. The van der Waals surface area contributed by atoms with E-state index in [0.29, 0.717) is 17.7 Å². The number of nitro benzene ring substituents is 1. The summed E-state index contributed by atoms with van der Waals surface area (Å²) in [5, 5.41) is 25.2. The van der Waals surface area contributed by atoms with E-state index >= 15 is 0 Å². The molecule has 174 valence electrons. The van der Waals surface area contributed by atoms with Crippen molar-refractivity contribution in [3.8, 4) is 5.75 Å². The lowest BCUT2D eigenvalue weighted by molar-refractivity contribution is -0.385. The Hall–Kier alpha value is -3.85. The predicted octanol–water partition coefficient (Wildman–Crippen LogP) is 4.95. The molecule has 8 nitrogen and oxygen atoms in total. The van der Waals surface area contributed by atoms with Crippen molar-refractivity contribution in [1.29, 1.82) is 0 Å². The van der Waals surface area contributed by atoms with Gasteiger partial charge in [-0.1, -0.05) is 30.4 Å². The van der Waals surface area contributed by atoms with E-state index in [1.165, 1.54) is 29.6 Å². The van der Waals surface area contributed by atoms with Gasteiger partial charge in [-0.2, -0.15) is 0 Å². The zero-order valence-corrected chi connectivity index (χ0v) is 19.1. The number of nitrogens with one attached hydrogen (secondary N) is 1. The maximum absolute atomic E-state index is 13.3. The zero-order chi connectivity index (χ0) is 24.0. The minimum absolute atomic E-state index is 0.0131. The molecule has 2 N–H and O–H groups in total. The lowest BCUT2D eigenvalue weighted by Gasteiger charge is -2.38. The fourth-order valence-electron chi connectivity index (χ4n) is 4.88. The molecule has 0 fully saturated rings. The van der Waals surface area contributed by atoms with Gasteiger partial charge in [0.05, 0.1) is 21.5 Å². The van der Waals surface area contributed by atoms with Crippen molar-refractivity contribution in [2.24, 2.45) is 5.92 Å². The van der Waals surface area contributed by atoms with Crippen LogP contribution in [0.3, 0.4) is 0 Å². The van der Waals surface area contributed by atoms with E-state index in [2.05, 4.69) is 5.32 Å². The van der Waals surface area contributed by atoms with E-state index in [1.54, 1.807) is 42.5 Å². The van der Waals surface area contributed by atoms with Crippen molar-refractivity contribution in [3.05, 3.63) is 100 Å². The Morgan fingerprint density at radius 1 is 1.06 bits per heavy atom. The molecule has 0 saturated carbocycles. The van der Waals surface area contributed by atoms with Gasteiger partial charge in [-0.25, -0.2) is 8.42 Å². The predicted molar refractivity (Wildman–Crippen MR) is 130 cm³/mol. The Balaban J connectivity index is 1.54. The first kappa shape index (κ1) is 22.0. The first-order valence-electron chi connectivity index (χ1n) is 10.9. The number of hydrogen-bond donors (Lipinski definition) is 2. The van der Waals surface area contributed by atoms with Crippen molar-refractivity contribution >= 4 is 27.1 Å². The molecule has 1 aliphatic heterocycles. The smallest absolute Gasteiger partial charge is 0.270 e. The first-order valence-corrected chi connectivity index (χ1v) is 12.3. The molecule has 0 saturated heterocycles. The molecular weight excluding hydrogens is 454 g/mol. The van der Waals surface area contributed by atoms with Gasteiger partial charge in [0.1, 0.15) is 5.75 Å². The molecule has 1 aliphatic carbocycles.